The van der Waals surface area contributed by atoms with Gasteiger partial charge in [0.05, 0.1) is 10.0 Å². The zero-order valence-corrected chi connectivity index (χ0v) is 10.4. The molecule has 16 heavy (non-hydrogen) atoms. The van der Waals surface area contributed by atoms with E-state index in [9.17, 15) is 0 Å². The van der Waals surface area contributed by atoms with Crippen molar-refractivity contribution in [2.75, 3.05) is 5.73 Å². The first-order chi connectivity index (χ1) is 7.58. The molecule has 0 aliphatic rings. The Labute approximate surface area is 109 Å². The van der Waals surface area contributed by atoms with Crippen LogP contribution in [0.5, 0.6) is 0 Å². The predicted octanol–water partition coefficient (Wildman–Crippen LogP) is 4.90. The highest BCUT2D eigenvalue weighted by atomic mass is 35.5. The average molecular weight is 273 g/mol. The molecular formula is C12H8Cl3N. The minimum Gasteiger partial charge on any atom is -0.399 e. The van der Waals surface area contributed by atoms with Gasteiger partial charge in [-0.05, 0) is 29.8 Å². The molecule has 0 aromatic heterocycles. The maximum absolute atomic E-state index is 6.10. The molecule has 4 heteroatoms. The number of hydrogen-bond acceptors (Lipinski definition) is 1. The Hall–Kier alpha value is -0.890. The normalized spacial score (nSPS) is 10.4. The first kappa shape index (κ1) is 11.6. The summed E-state index contributed by atoms with van der Waals surface area (Å²) in [5.74, 6) is 0. The molecule has 82 valence electrons. The Kier molecular flexibility index (Phi) is 3.29. The lowest BCUT2D eigenvalue weighted by atomic mass is 10.1. The van der Waals surface area contributed by atoms with Crippen molar-refractivity contribution in [3.63, 3.8) is 0 Å². The van der Waals surface area contributed by atoms with Crippen molar-refractivity contribution in [3.8, 4) is 11.1 Å². The number of nitrogen functional groups attached to an aromatic ring is 1. The van der Waals surface area contributed by atoms with E-state index in [1.54, 1.807) is 12.1 Å². The number of nitrogens with two attached hydrogens (primary N) is 1. The Morgan fingerprint density at radius 2 is 1.50 bits per heavy atom. The summed E-state index contributed by atoms with van der Waals surface area (Å²) in [5.41, 5.74) is 8.13. The van der Waals surface area contributed by atoms with Gasteiger partial charge in [0.15, 0.2) is 0 Å². The molecular weight excluding hydrogens is 264 g/mol. The van der Waals surface area contributed by atoms with Gasteiger partial charge in [-0.1, -0.05) is 46.9 Å². The van der Waals surface area contributed by atoms with E-state index in [0.29, 0.717) is 20.8 Å². The van der Waals surface area contributed by atoms with Gasteiger partial charge in [0.1, 0.15) is 0 Å². The topological polar surface area (TPSA) is 26.0 Å². The third kappa shape index (κ3) is 2.27. The summed E-state index contributed by atoms with van der Waals surface area (Å²) in [6.07, 6.45) is 0. The van der Waals surface area contributed by atoms with Crippen LogP contribution in [-0.2, 0) is 0 Å². The van der Waals surface area contributed by atoms with Gasteiger partial charge >= 0.3 is 0 Å². The second-order valence-electron chi connectivity index (χ2n) is 3.37. The maximum Gasteiger partial charge on any atom is 0.0607 e. The molecule has 0 fully saturated rings. The lowest BCUT2D eigenvalue weighted by Gasteiger charge is -2.07. The monoisotopic (exact) mass is 271 g/mol. The predicted molar refractivity (Wildman–Crippen MR) is 71.3 cm³/mol. The van der Waals surface area contributed by atoms with E-state index in [4.69, 9.17) is 40.5 Å². The summed E-state index contributed by atoms with van der Waals surface area (Å²) >= 11 is 17.9. The molecule has 0 bridgehead atoms. The van der Waals surface area contributed by atoms with E-state index < -0.39 is 0 Å². The van der Waals surface area contributed by atoms with E-state index in [-0.39, 0.29) is 0 Å². The average Bonchev–Trinajstić information content (AvgIpc) is 2.23. The van der Waals surface area contributed by atoms with Crippen molar-refractivity contribution < 1.29 is 0 Å². The molecule has 0 atom stereocenters. The van der Waals surface area contributed by atoms with Gasteiger partial charge in [0.25, 0.3) is 0 Å². The second kappa shape index (κ2) is 4.54. The molecule has 0 aliphatic heterocycles. The Morgan fingerprint density at radius 1 is 0.812 bits per heavy atom. The Balaban J connectivity index is 2.60. The smallest absolute Gasteiger partial charge is 0.0607 e. The standard InChI is InChI=1S/C12H8Cl3N/c13-10-6-12(15)11(14)5-9(10)7-2-1-3-8(16)4-7/h1-6H,16H2. The highest BCUT2D eigenvalue weighted by Gasteiger charge is 2.08. The van der Waals surface area contributed by atoms with Gasteiger partial charge < -0.3 is 5.73 Å². The van der Waals surface area contributed by atoms with Crippen molar-refractivity contribution in [1.82, 2.24) is 0 Å². The van der Waals surface area contributed by atoms with Gasteiger partial charge in [0, 0.05) is 16.3 Å². The first-order valence-corrected chi connectivity index (χ1v) is 5.72. The number of halogens is 3. The number of hydrogen-bond donors (Lipinski definition) is 1. The highest BCUT2D eigenvalue weighted by Crippen LogP contribution is 2.35. The minimum atomic E-state index is 0.444. The van der Waals surface area contributed by atoms with Crippen LogP contribution < -0.4 is 5.73 Å². The molecule has 2 N–H and O–H groups in total. The van der Waals surface area contributed by atoms with E-state index in [1.807, 2.05) is 24.3 Å². The lowest BCUT2D eigenvalue weighted by Crippen LogP contribution is -1.86. The molecule has 0 radical (unpaired) electrons. The number of anilines is 1. The summed E-state index contributed by atoms with van der Waals surface area (Å²) in [7, 11) is 0. The van der Waals surface area contributed by atoms with E-state index in [1.165, 1.54) is 0 Å². The molecule has 0 amide bonds. The van der Waals surface area contributed by atoms with Crippen LogP contribution >= 0.6 is 34.8 Å². The van der Waals surface area contributed by atoms with Gasteiger partial charge in [-0.15, -0.1) is 0 Å². The molecule has 2 aromatic rings. The second-order valence-corrected chi connectivity index (χ2v) is 4.59. The molecule has 0 saturated carbocycles. The Morgan fingerprint density at radius 3 is 2.19 bits per heavy atom. The van der Waals surface area contributed by atoms with Crippen molar-refractivity contribution in [1.29, 1.82) is 0 Å². The molecule has 2 rings (SSSR count). The van der Waals surface area contributed by atoms with Crippen LogP contribution in [0.1, 0.15) is 0 Å². The summed E-state index contributed by atoms with van der Waals surface area (Å²) in [6.45, 7) is 0. The molecule has 2 aromatic carbocycles. The fraction of sp³-hybridized carbons (Fsp3) is 0. The minimum absolute atomic E-state index is 0.444. The Bertz CT molecular complexity index is 538. The van der Waals surface area contributed by atoms with Crippen molar-refractivity contribution >= 4 is 40.5 Å². The van der Waals surface area contributed by atoms with Crippen LogP contribution in [0.15, 0.2) is 36.4 Å². The summed E-state index contributed by atoms with van der Waals surface area (Å²) in [5, 5.41) is 1.47. The van der Waals surface area contributed by atoms with E-state index in [0.717, 1.165) is 11.1 Å². The zero-order chi connectivity index (χ0) is 11.7. The highest BCUT2D eigenvalue weighted by molar-refractivity contribution is 6.44. The van der Waals surface area contributed by atoms with Crippen LogP contribution in [0.4, 0.5) is 5.69 Å². The molecule has 0 unspecified atom stereocenters. The van der Waals surface area contributed by atoms with Crippen molar-refractivity contribution in [3.05, 3.63) is 51.5 Å². The molecule has 0 spiro atoms. The van der Waals surface area contributed by atoms with Crippen molar-refractivity contribution in [2.24, 2.45) is 0 Å². The summed E-state index contributed by atoms with van der Waals surface area (Å²) in [4.78, 5) is 0. The fourth-order valence-corrected chi connectivity index (χ4v) is 2.11. The first-order valence-electron chi connectivity index (χ1n) is 4.58. The molecule has 0 aliphatic carbocycles. The fourth-order valence-electron chi connectivity index (χ4n) is 1.45. The maximum atomic E-state index is 6.10. The van der Waals surface area contributed by atoms with Gasteiger partial charge in [-0.3, -0.25) is 0 Å². The van der Waals surface area contributed by atoms with E-state index >= 15 is 0 Å². The summed E-state index contributed by atoms with van der Waals surface area (Å²) in [6, 6.07) is 10.8. The molecule has 1 nitrogen and oxygen atoms in total. The zero-order valence-electron chi connectivity index (χ0n) is 8.18. The van der Waals surface area contributed by atoms with Crippen molar-refractivity contribution in [2.45, 2.75) is 0 Å². The molecule has 0 saturated heterocycles. The van der Waals surface area contributed by atoms with Gasteiger partial charge in [0.2, 0.25) is 0 Å². The molecule has 0 heterocycles. The van der Waals surface area contributed by atoms with Crippen LogP contribution in [0.25, 0.3) is 11.1 Å². The number of rotatable bonds is 1. The third-order valence-electron chi connectivity index (χ3n) is 2.21. The van der Waals surface area contributed by atoms with Gasteiger partial charge in [-0.2, -0.15) is 0 Å². The van der Waals surface area contributed by atoms with Crippen LogP contribution in [0.3, 0.4) is 0 Å². The largest absolute Gasteiger partial charge is 0.399 e. The quantitative estimate of drug-likeness (QED) is 0.580. The van der Waals surface area contributed by atoms with Crippen LogP contribution in [0, 0.1) is 0 Å². The van der Waals surface area contributed by atoms with E-state index in [2.05, 4.69) is 0 Å². The lowest BCUT2D eigenvalue weighted by molar-refractivity contribution is 1.61. The van der Waals surface area contributed by atoms with Crippen LogP contribution in [0.2, 0.25) is 15.1 Å². The van der Waals surface area contributed by atoms with Gasteiger partial charge in [-0.25, -0.2) is 0 Å². The van der Waals surface area contributed by atoms with Crippen LogP contribution in [-0.4, -0.2) is 0 Å². The number of benzene rings is 2. The SMILES string of the molecule is Nc1cccc(-c2cc(Cl)c(Cl)cc2Cl)c1. The third-order valence-corrected chi connectivity index (χ3v) is 3.24. The summed E-state index contributed by atoms with van der Waals surface area (Å²) < 4.78 is 0.